The zero-order valence-electron chi connectivity index (χ0n) is 9.81. The minimum atomic E-state index is -0.0903. The summed E-state index contributed by atoms with van der Waals surface area (Å²) < 4.78 is 5.34. The first-order chi connectivity index (χ1) is 8.31. The molecule has 1 N–H and O–H groups in total. The van der Waals surface area contributed by atoms with E-state index in [2.05, 4.69) is 10.3 Å². The van der Waals surface area contributed by atoms with Crippen LogP contribution in [0.4, 0.5) is 0 Å². The van der Waals surface area contributed by atoms with Crippen molar-refractivity contribution in [1.29, 1.82) is 0 Å². The summed E-state index contributed by atoms with van der Waals surface area (Å²) in [6, 6.07) is 1.67. The number of nitrogens with one attached hydrogen (secondary N) is 1. The second kappa shape index (κ2) is 6.02. The topological polar surface area (TPSA) is 51.2 Å². The molecule has 5 heteroatoms. The van der Waals surface area contributed by atoms with Crippen molar-refractivity contribution in [3.8, 4) is 5.75 Å². The Bertz CT molecular complexity index is 392. The molecule has 2 rings (SSSR count). The molecule has 0 aromatic carbocycles. The van der Waals surface area contributed by atoms with E-state index in [-0.39, 0.29) is 11.8 Å². The fourth-order valence-corrected chi connectivity index (χ4v) is 2.67. The molecule has 1 aliphatic heterocycles. The Labute approximate surface area is 105 Å². The number of rotatable bonds is 4. The number of ether oxygens (including phenoxy) is 1. The highest BCUT2D eigenvalue weighted by Crippen LogP contribution is 2.16. The average molecular weight is 252 g/mol. The molecule has 1 fully saturated rings. The summed E-state index contributed by atoms with van der Waals surface area (Å²) in [6.45, 7) is 3.38. The van der Waals surface area contributed by atoms with E-state index in [1.807, 2.05) is 6.92 Å². The van der Waals surface area contributed by atoms with Crippen LogP contribution in [0.2, 0.25) is 0 Å². The molecule has 1 saturated heterocycles. The molecule has 1 unspecified atom stereocenters. The first kappa shape index (κ1) is 12.4. The summed E-state index contributed by atoms with van der Waals surface area (Å²) in [4.78, 5) is 16.2. The monoisotopic (exact) mass is 252 g/mol. The third kappa shape index (κ3) is 3.20. The quantitative estimate of drug-likeness (QED) is 0.820. The maximum atomic E-state index is 12.2. The summed E-state index contributed by atoms with van der Waals surface area (Å²) >= 11 is 1.81. The van der Waals surface area contributed by atoms with Gasteiger partial charge in [-0.15, -0.1) is 0 Å². The molecule has 0 saturated carbocycles. The molecule has 1 aromatic rings. The molecule has 17 heavy (non-hydrogen) atoms. The zero-order chi connectivity index (χ0) is 12.1. The predicted molar refractivity (Wildman–Crippen MR) is 68.9 cm³/mol. The van der Waals surface area contributed by atoms with Gasteiger partial charge < -0.3 is 10.1 Å². The van der Waals surface area contributed by atoms with Crippen LogP contribution in [0.25, 0.3) is 0 Å². The van der Waals surface area contributed by atoms with Crippen molar-refractivity contribution in [2.45, 2.75) is 13.0 Å². The summed E-state index contributed by atoms with van der Waals surface area (Å²) in [5, 5.41) is 3.23. The zero-order valence-corrected chi connectivity index (χ0v) is 10.6. The Kier molecular flexibility index (Phi) is 4.39. The van der Waals surface area contributed by atoms with Crippen molar-refractivity contribution in [3.63, 3.8) is 0 Å². The van der Waals surface area contributed by atoms with Gasteiger partial charge in [0, 0.05) is 29.8 Å². The fraction of sp³-hybridized carbons (Fsp3) is 0.500. The van der Waals surface area contributed by atoms with Crippen LogP contribution in [0, 0.1) is 0 Å². The van der Waals surface area contributed by atoms with E-state index in [4.69, 9.17) is 4.74 Å². The van der Waals surface area contributed by atoms with Gasteiger partial charge in [-0.05, 0) is 13.0 Å². The number of Topliss-reactive ketones (excluding diaryl/α,β-unsaturated/α-hetero) is 1. The van der Waals surface area contributed by atoms with Crippen LogP contribution in [0.1, 0.15) is 17.3 Å². The van der Waals surface area contributed by atoms with E-state index in [9.17, 15) is 4.79 Å². The molecule has 1 aromatic heterocycles. The second-order valence-electron chi connectivity index (χ2n) is 3.79. The van der Waals surface area contributed by atoms with Gasteiger partial charge in [-0.1, -0.05) is 0 Å². The van der Waals surface area contributed by atoms with Crippen molar-refractivity contribution in [3.05, 3.63) is 24.0 Å². The first-order valence-corrected chi connectivity index (χ1v) is 6.90. The van der Waals surface area contributed by atoms with Crippen LogP contribution in [-0.2, 0) is 0 Å². The standard InChI is InChI=1S/C12H16N2O2S/c1-2-16-10-5-9(6-13-7-10)12(15)11-8-17-4-3-14-11/h5-7,11,14H,2-4,8H2,1H3. The second-order valence-corrected chi connectivity index (χ2v) is 4.94. The van der Waals surface area contributed by atoms with Gasteiger partial charge in [-0.25, -0.2) is 0 Å². The Morgan fingerprint density at radius 1 is 1.65 bits per heavy atom. The normalized spacial score (nSPS) is 19.9. The van der Waals surface area contributed by atoms with Gasteiger partial charge >= 0.3 is 0 Å². The largest absolute Gasteiger partial charge is 0.492 e. The highest BCUT2D eigenvalue weighted by molar-refractivity contribution is 7.99. The van der Waals surface area contributed by atoms with Crippen LogP contribution in [0.15, 0.2) is 18.5 Å². The van der Waals surface area contributed by atoms with Gasteiger partial charge in [-0.3, -0.25) is 9.78 Å². The summed E-state index contributed by atoms with van der Waals surface area (Å²) in [5.74, 6) is 2.66. The van der Waals surface area contributed by atoms with Crippen molar-refractivity contribution >= 4 is 17.5 Å². The van der Waals surface area contributed by atoms with E-state index in [1.54, 1.807) is 30.2 Å². The number of thioether (sulfide) groups is 1. The van der Waals surface area contributed by atoms with Gasteiger partial charge in [-0.2, -0.15) is 11.8 Å². The number of hydrogen-bond acceptors (Lipinski definition) is 5. The minimum absolute atomic E-state index is 0.0903. The van der Waals surface area contributed by atoms with E-state index in [1.165, 1.54) is 0 Å². The number of ketones is 1. The predicted octanol–water partition coefficient (Wildman–Crippen LogP) is 1.37. The van der Waals surface area contributed by atoms with Gasteiger partial charge in [0.1, 0.15) is 5.75 Å². The lowest BCUT2D eigenvalue weighted by Crippen LogP contribution is -2.43. The molecular formula is C12H16N2O2S. The number of carbonyl (C=O) groups excluding carboxylic acids is 1. The number of carbonyl (C=O) groups is 1. The number of nitrogens with zero attached hydrogens (tertiary/aromatic N) is 1. The number of pyridine rings is 1. The SMILES string of the molecule is CCOc1cncc(C(=O)C2CSCCN2)c1. The average Bonchev–Trinajstić information content (AvgIpc) is 2.40. The molecule has 0 radical (unpaired) electrons. The van der Waals surface area contributed by atoms with E-state index in [0.717, 1.165) is 18.1 Å². The molecule has 0 amide bonds. The molecule has 0 aliphatic carbocycles. The summed E-state index contributed by atoms with van der Waals surface area (Å²) in [6.07, 6.45) is 3.23. The van der Waals surface area contributed by atoms with Crippen molar-refractivity contribution < 1.29 is 9.53 Å². The highest BCUT2D eigenvalue weighted by atomic mass is 32.2. The van der Waals surface area contributed by atoms with Crippen LogP contribution in [0.3, 0.4) is 0 Å². The molecule has 92 valence electrons. The Morgan fingerprint density at radius 2 is 2.53 bits per heavy atom. The maximum Gasteiger partial charge on any atom is 0.182 e. The maximum absolute atomic E-state index is 12.2. The molecule has 0 spiro atoms. The van der Waals surface area contributed by atoms with Crippen LogP contribution in [-0.4, -0.2) is 41.5 Å². The molecule has 4 nitrogen and oxygen atoms in total. The van der Waals surface area contributed by atoms with Gasteiger partial charge in [0.25, 0.3) is 0 Å². The fourth-order valence-electron chi connectivity index (χ4n) is 1.73. The number of aromatic nitrogens is 1. The van der Waals surface area contributed by atoms with Crippen LogP contribution >= 0.6 is 11.8 Å². The van der Waals surface area contributed by atoms with Gasteiger partial charge in [0.2, 0.25) is 0 Å². The lowest BCUT2D eigenvalue weighted by molar-refractivity contribution is 0.0952. The lowest BCUT2D eigenvalue weighted by atomic mass is 10.1. The molecular weight excluding hydrogens is 236 g/mol. The van der Waals surface area contributed by atoms with Crippen molar-refractivity contribution in [1.82, 2.24) is 10.3 Å². The van der Waals surface area contributed by atoms with E-state index < -0.39 is 0 Å². The minimum Gasteiger partial charge on any atom is -0.492 e. The van der Waals surface area contributed by atoms with Gasteiger partial charge in [0.05, 0.1) is 18.8 Å². The number of hydrogen-bond donors (Lipinski definition) is 1. The van der Waals surface area contributed by atoms with Crippen LogP contribution in [0.5, 0.6) is 5.75 Å². The Hall–Kier alpha value is -1.07. The Morgan fingerprint density at radius 3 is 3.24 bits per heavy atom. The third-order valence-electron chi connectivity index (χ3n) is 2.55. The molecule has 0 bridgehead atoms. The summed E-state index contributed by atoms with van der Waals surface area (Å²) in [5.41, 5.74) is 0.621. The molecule has 2 heterocycles. The smallest absolute Gasteiger partial charge is 0.182 e. The molecule has 1 atom stereocenters. The highest BCUT2D eigenvalue weighted by Gasteiger charge is 2.22. The summed E-state index contributed by atoms with van der Waals surface area (Å²) in [7, 11) is 0. The first-order valence-electron chi connectivity index (χ1n) is 5.74. The third-order valence-corrected chi connectivity index (χ3v) is 3.61. The lowest BCUT2D eigenvalue weighted by Gasteiger charge is -2.21. The Balaban J connectivity index is 2.09. The van der Waals surface area contributed by atoms with E-state index in [0.29, 0.717) is 17.9 Å². The van der Waals surface area contributed by atoms with Crippen molar-refractivity contribution in [2.24, 2.45) is 0 Å². The van der Waals surface area contributed by atoms with Gasteiger partial charge in [0.15, 0.2) is 5.78 Å². The molecule has 1 aliphatic rings. The van der Waals surface area contributed by atoms with Crippen molar-refractivity contribution in [2.75, 3.05) is 24.7 Å². The van der Waals surface area contributed by atoms with E-state index >= 15 is 0 Å². The van der Waals surface area contributed by atoms with Crippen LogP contribution < -0.4 is 10.1 Å².